The van der Waals surface area contributed by atoms with Crippen LogP contribution in [0.15, 0.2) is 46.6 Å². The molecule has 218 valence electrons. The molecule has 2 aliphatic heterocycles. The first-order valence-corrected chi connectivity index (χ1v) is 13.9. The van der Waals surface area contributed by atoms with Crippen molar-refractivity contribution in [2.75, 3.05) is 50.7 Å². The van der Waals surface area contributed by atoms with E-state index in [9.17, 15) is 27.2 Å². The number of halogens is 5. The molecule has 0 spiro atoms. The van der Waals surface area contributed by atoms with Crippen LogP contribution in [0.3, 0.4) is 0 Å². The van der Waals surface area contributed by atoms with Crippen molar-refractivity contribution in [3.63, 3.8) is 0 Å². The van der Waals surface area contributed by atoms with Gasteiger partial charge in [-0.1, -0.05) is 24.2 Å². The maximum absolute atomic E-state index is 14.7. The number of aromatic nitrogens is 2. The zero-order valence-corrected chi connectivity index (χ0v) is 23.4. The highest BCUT2D eigenvalue weighted by atomic mass is 35.5. The van der Waals surface area contributed by atoms with E-state index < -0.39 is 29.4 Å². The number of methoxy groups -OCH3 is 1. The van der Waals surface area contributed by atoms with Crippen LogP contribution in [-0.4, -0.2) is 72.3 Å². The Hall–Kier alpha value is -3.13. The fourth-order valence-electron chi connectivity index (χ4n) is 5.07. The Morgan fingerprint density at radius 1 is 1.24 bits per heavy atom. The molecule has 1 unspecified atom stereocenters. The van der Waals surface area contributed by atoms with Gasteiger partial charge >= 0.3 is 11.9 Å². The lowest BCUT2D eigenvalue weighted by Gasteiger charge is -2.35. The van der Waals surface area contributed by atoms with Crippen molar-refractivity contribution < 1.29 is 31.8 Å². The number of nitrogens with zero attached hydrogens (tertiary/aromatic N) is 4. The largest absolute Gasteiger partial charge is 0.417 e. The number of amides is 1. The number of piperazine rings is 1. The summed E-state index contributed by atoms with van der Waals surface area (Å²) in [6, 6.07) is 4.38. The maximum Gasteiger partial charge on any atom is 0.417 e. The molecule has 14 heteroatoms. The highest BCUT2D eigenvalue weighted by Gasteiger charge is 2.39. The second-order valence-electron chi connectivity index (χ2n) is 9.50. The van der Waals surface area contributed by atoms with Crippen LogP contribution in [0, 0.1) is 5.82 Å². The summed E-state index contributed by atoms with van der Waals surface area (Å²) in [5, 5.41) is -0.199. The van der Waals surface area contributed by atoms with E-state index in [1.54, 1.807) is 9.80 Å². The van der Waals surface area contributed by atoms with E-state index in [1.165, 1.54) is 23.8 Å². The zero-order valence-electron chi connectivity index (χ0n) is 21.8. The van der Waals surface area contributed by atoms with E-state index in [4.69, 9.17) is 21.1 Å². The molecule has 3 aromatic rings. The summed E-state index contributed by atoms with van der Waals surface area (Å²) in [5.41, 5.74) is -1.52. The Morgan fingerprint density at radius 3 is 2.61 bits per heavy atom. The number of carbonyl (C=O) groups is 1. The second kappa shape index (κ2) is 11.6. The first kappa shape index (κ1) is 29.4. The summed E-state index contributed by atoms with van der Waals surface area (Å²) >= 11 is 7.10. The van der Waals surface area contributed by atoms with Crippen molar-refractivity contribution in [2.24, 2.45) is 0 Å². The van der Waals surface area contributed by atoms with Crippen LogP contribution in [0.5, 0.6) is 0 Å². The first-order chi connectivity index (χ1) is 19.5. The minimum absolute atomic E-state index is 0.0303. The molecule has 1 amide bonds. The number of anilines is 1. The third kappa shape index (κ3) is 5.68. The molecule has 0 saturated carbocycles. The smallest absolute Gasteiger partial charge is 0.359 e. The van der Waals surface area contributed by atoms with Crippen LogP contribution in [0.4, 0.5) is 23.4 Å². The molecular weight excluding hydrogens is 588 g/mol. The molecule has 0 N–H and O–H groups in total. The lowest BCUT2D eigenvalue weighted by atomic mass is 9.96. The van der Waals surface area contributed by atoms with Gasteiger partial charge < -0.3 is 19.3 Å². The van der Waals surface area contributed by atoms with E-state index in [1.807, 2.05) is 0 Å². The molecular formula is C27H25ClF4N4O4S. The van der Waals surface area contributed by atoms with Gasteiger partial charge in [-0.25, -0.2) is 9.18 Å². The van der Waals surface area contributed by atoms with Crippen LogP contribution in [-0.2, 0) is 27.0 Å². The topological polar surface area (TPSA) is 76.9 Å². The fraction of sp³-hybridized carbons (Fsp3) is 0.370. The third-order valence-corrected chi connectivity index (χ3v) is 8.51. The summed E-state index contributed by atoms with van der Waals surface area (Å²) in [5.74, 6) is -0.722. The highest BCUT2D eigenvalue weighted by Crippen LogP contribution is 2.48. The molecule has 3 heterocycles. The zero-order chi connectivity index (χ0) is 29.5. The fourth-order valence-corrected chi connectivity index (χ4v) is 6.54. The Morgan fingerprint density at radius 2 is 1.98 bits per heavy atom. The number of benzene rings is 2. The number of hydrogen-bond donors (Lipinski definition) is 0. The van der Waals surface area contributed by atoms with Gasteiger partial charge in [0.15, 0.2) is 0 Å². The molecule has 41 heavy (non-hydrogen) atoms. The van der Waals surface area contributed by atoms with E-state index in [0.717, 1.165) is 30.0 Å². The van der Waals surface area contributed by atoms with Crippen LogP contribution < -0.4 is 10.6 Å². The molecule has 0 radical (unpaired) electrons. The molecule has 1 fully saturated rings. The van der Waals surface area contributed by atoms with Crippen molar-refractivity contribution in [3.8, 4) is 11.1 Å². The number of alkyl halides is 3. The number of rotatable bonds is 6. The van der Waals surface area contributed by atoms with Crippen LogP contribution in [0.2, 0.25) is 5.02 Å². The number of carbonyl (C=O) groups excluding carboxylic acids is 1. The SMILES string of the molecule is C=CC(=O)N1CCN(c2nc(=O)n3c4c(c(-c5ccc(F)c(Cl)c5)c(C(F)(F)F)cc24)SCC(OCOC)C3)CC1. The molecule has 2 aliphatic rings. The second-order valence-corrected chi connectivity index (χ2v) is 10.9. The minimum Gasteiger partial charge on any atom is -0.359 e. The quantitative estimate of drug-likeness (QED) is 0.225. The van der Waals surface area contributed by atoms with E-state index in [-0.39, 0.29) is 88.9 Å². The first-order valence-electron chi connectivity index (χ1n) is 12.6. The number of ether oxygens (including phenoxy) is 2. The number of hydrogen-bond acceptors (Lipinski definition) is 7. The Bertz CT molecular complexity index is 1570. The van der Waals surface area contributed by atoms with Gasteiger partial charge in [-0.15, -0.1) is 11.8 Å². The Kier molecular flexibility index (Phi) is 8.33. The predicted octanol–water partition coefficient (Wildman–Crippen LogP) is 4.80. The summed E-state index contributed by atoms with van der Waals surface area (Å²) < 4.78 is 70.3. The average molecular weight is 613 g/mol. The van der Waals surface area contributed by atoms with Gasteiger partial charge in [0.2, 0.25) is 5.91 Å². The van der Waals surface area contributed by atoms with E-state index in [0.29, 0.717) is 0 Å². The van der Waals surface area contributed by atoms with Gasteiger partial charge in [0, 0.05) is 54.9 Å². The maximum atomic E-state index is 14.7. The van der Waals surface area contributed by atoms with Crippen molar-refractivity contribution in [1.82, 2.24) is 14.5 Å². The molecule has 0 aliphatic carbocycles. The molecule has 1 aromatic heterocycles. The molecule has 5 rings (SSSR count). The van der Waals surface area contributed by atoms with Crippen molar-refractivity contribution in [2.45, 2.75) is 23.7 Å². The summed E-state index contributed by atoms with van der Waals surface area (Å²) in [6.07, 6.45) is -4.19. The van der Waals surface area contributed by atoms with Gasteiger partial charge in [-0.2, -0.15) is 18.2 Å². The molecule has 1 saturated heterocycles. The standard InChI is InChI=1S/C27H25ClF4N4O4S/c1-3-21(37)34-6-8-35(9-7-34)25-17-11-18(27(30,31)32)22(15-4-5-20(29)19(28)10-15)24-23(17)36(26(38)33-25)12-16(13-41-24)40-14-39-2/h3-5,10-11,16H,1,6-9,12-14H2,2H3. The van der Waals surface area contributed by atoms with Crippen molar-refractivity contribution >= 4 is 46.0 Å². The van der Waals surface area contributed by atoms with Crippen LogP contribution in [0.25, 0.3) is 22.0 Å². The van der Waals surface area contributed by atoms with E-state index in [2.05, 4.69) is 11.6 Å². The van der Waals surface area contributed by atoms with Gasteiger partial charge in [0.25, 0.3) is 0 Å². The molecule has 8 nitrogen and oxygen atoms in total. The van der Waals surface area contributed by atoms with Gasteiger partial charge in [0.05, 0.1) is 28.8 Å². The summed E-state index contributed by atoms with van der Waals surface area (Å²) in [6.45, 7) is 4.52. The summed E-state index contributed by atoms with van der Waals surface area (Å²) in [7, 11) is 1.44. The third-order valence-electron chi connectivity index (χ3n) is 7.00. The normalized spacial score (nSPS) is 17.6. The average Bonchev–Trinajstić information content (AvgIpc) is 3.15. The molecule has 0 bridgehead atoms. The number of thioether (sulfide) groups is 1. The van der Waals surface area contributed by atoms with Crippen molar-refractivity contribution in [1.29, 1.82) is 0 Å². The minimum atomic E-state index is -4.81. The predicted molar refractivity (Wildman–Crippen MR) is 148 cm³/mol. The lowest BCUT2D eigenvalue weighted by Crippen LogP contribution is -2.49. The van der Waals surface area contributed by atoms with Gasteiger partial charge in [-0.05, 0) is 29.8 Å². The molecule has 2 aromatic carbocycles. The highest BCUT2D eigenvalue weighted by molar-refractivity contribution is 7.99. The van der Waals surface area contributed by atoms with Crippen LogP contribution in [0.1, 0.15) is 5.56 Å². The van der Waals surface area contributed by atoms with Gasteiger partial charge in [0.1, 0.15) is 18.4 Å². The van der Waals surface area contributed by atoms with Crippen LogP contribution >= 0.6 is 23.4 Å². The Balaban J connectivity index is 1.77. The van der Waals surface area contributed by atoms with E-state index >= 15 is 0 Å². The summed E-state index contributed by atoms with van der Waals surface area (Å²) in [4.78, 5) is 33.3. The van der Waals surface area contributed by atoms with Gasteiger partial charge in [-0.3, -0.25) is 9.36 Å². The molecule has 1 atom stereocenters. The van der Waals surface area contributed by atoms with Crippen molar-refractivity contribution in [3.05, 3.63) is 63.8 Å². The monoisotopic (exact) mass is 612 g/mol. The Labute approximate surface area is 241 Å². The lowest BCUT2D eigenvalue weighted by molar-refractivity contribution is -0.137.